The molecule has 2 atom stereocenters. The molecule has 2 N–H and O–H groups in total. The second kappa shape index (κ2) is 4.95. The van der Waals surface area contributed by atoms with Gasteiger partial charge in [0.1, 0.15) is 6.10 Å². The molecular formula is C10H15NO4. The first-order valence-electron chi connectivity index (χ1n) is 4.72. The van der Waals surface area contributed by atoms with Crippen LogP contribution in [0.25, 0.3) is 0 Å². The molecule has 0 aliphatic rings. The monoisotopic (exact) mass is 213 g/mol. The molecule has 5 nitrogen and oxygen atoms in total. The van der Waals surface area contributed by atoms with Crippen molar-refractivity contribution in [3.8, 4) is 0 Å². The van der Waals surface area contributed by atoms with Gasteiger partial charge in [-0.15, -0.1) is 0 Å². The number of aliphatic hydroxyl groups is 2. The van der Waals surface area contributed by atoms with Crippen molar-refractivity contribution in [2.24, 2.45) is 7.05 Å². The van der Waals surface area contributed by atoms with Crippen molar-refractivity contribution in [3.05, 3.63) is 24.0 Å². The second-order valence-corrected chi connectivity index (χ2v) is 3.19. The molecule has 2 unspecified atom stereocenters. The molecule has 0 aliphatic heterocycles. The number of carbonyl (C=O) groups is 1. The Kier molecular flexibility index (Phi) is 3.88. The first kappa shape index (κ1) is 11.7. The molecule has 0 spiro atoms. The highest BCUT2D eigenvalue weighted by atomic mass is 16.5. The summed E-state index contributed by atoms with van der Waals surface area (Å²) < 4.78 is 6.24. The van der Waals surface area contributed by atoms with E-state index in [1.807, 2.05) is 0 Å². The van der Waals surface area contributed by atoms with Gasteiger partial charge in [-0.05, 0) is 19.1 Å². The average Bonchev–Trinajstić information content (AvgIpc) is 2.62. The summed E-state index contributed by atoms with van der Waals surface area (Å²) in [6.45, 7) is 1.81. The Labute approximate surface area is 87.9 Å². The van der Waals surface area contributed by atoms with Crippen molar-refractivity contribution >= 4 is 5.97 Å². The zero-order valence-corrected chi connectivity index (χ0v) is 8.75. The van der Waals surface area contributed by atoms with Crippen molar-refractivity contribution in [3.63, 3.8) is 0 Å². The van der Waals surface area contributed by atoms with Crippen molar-refractivity contribution in [2.45, 2.75) is 19.1 Å². The zero-order valence-electron chi connectivity index (χ0n) is 8.75. The Hall–Kier alpha value is -1.33. The summed E-state index contributed by atoms with van der Waals surface area (Å²) >= 11 is 0. The highest BCUT2D eigenvalue weighted by Crippen LogP contribution is 2.17. The maximum Gasteiger partial charge on any atom is 0.338 e. The van der Waals surface area contributed by atoms with Crippen molar-refractivity contribution in [1.82, 2.24) is 4.57 Å². The molecular weight excluding hydrogens is 198 g/mol. The van der Waals surface area contributed by atoms with Crippen LogP contribution in [0.1, 0.15) is 18.7 Å². The molecule has 1 aromatic rings. The van der Waals surface area contributed by atoms with Gasteiger partial charge in [0.05, 0.1) is 6.61 Å². The fraction of sp³-hybridized carbons (Fsp3) is 0.500. The largest absolute Gasteiger partial charge is 0.464 e. The Morgan fingerprint density at radius 3 is 2.73 bits per heavy atom. The quantitative estimate of drug-likeness (QED) is 0.690. The van der Waals surface area contributed by atoms with E-state index in [1.165, 1.54) is 0 Å². The van der Waals surface area contributed by atoms with Gasteiger partial charge < -0.3 is 19.5 Å². The number of hydrogen-bond donors (Lipinski definition) is 2. The minimum atomic E-state index is -1.54. The summed E-state index contributed by atoms with van der Waals surface area (Å²) in [5.74, 6) is -0.814. The molecule has 84 valence electrons. The lowest BCUT2D eigenvalue weighted by atomic mass is 10.1. The summed E-state index contributed by atoms with van der Waals surface area (Å²) in [5, 5.41) is 19.2. The summed E-state index contributed by atoms with van der Waals surface area (Å²) in [4.78, 5) is 11.1. The second-order valence-electron chi connectivity index (χ2n) is 3.19. The predicted molar refractivity (Wildman–Crippen MR) is 53.0 cm³/mol. The van der Waals surface area contributed by atoms with Crippen LogP contribution in [0.5, 0.6) is 0 Å². The summed E-state index contributed by atoms with van der Waals surface area (Å²) in [6.07, 6.45) is -1.08. The number of ether oxygens (including phenoxy) is 1. The minimum Gasteiger partial charge on any atom is -0.464 e. The van der Waals surface area contributed by atoms with Crippen LogP contribution < -0.4 is 0 Å². The maximum atomic E-state index is 11.1. The lowest BCUT2D eigenvalue weighted by Crippen LogP contribution is -2.30. The summed E-state index contributed by atoms with van der Waals surface area (Å²) in [7, 11) is 1.72. The highest BCUT2D eigenvalue weighted by Gasteiger charge is 2.28. The van der Waals surface area contributed by atoms with E-state index in [9.17, 15) is 15.0 Å². The Balaban J connectivity index is 2.72. The van der Waals surface area contributed by atoms with E-state index >= 15 is 0 Å². The molecule has 1 rings (SSSR count). The average molecular weight is 213 g/mol. The molecule has 15 heavy (non-hydrogen) atoms. The van der Waals surface area contributed by atoms with E-state index < -0.39 is 18.2 Å². The van der Waals surface area contributed by atoms with Gasteiger partial charge in [0.15, 0.2) is 6.10 Å². The number of aliphatic hydroxyl groups excluding tert-OH is 2. The van der Waals surface area contributed by atoms with Gasteiger partial charge in [-0.3, -0.25) is 0 Å². The first-order valence-corrected chi connectivity index (χ1v) is 4.72. The Morgan fingerprint density at radius 2 is 2.27 bits per heavy atom. The van der Waals surface area contributed by atoms with Gasteiger partial charge in [0, 0.05) is 18.9 Å². The van der Waals surface area contributed by atoms with Gasteiger partial charge in [-0.2, -0.15) is 0 Å². The molecule has 0 bridgehead atoms. The van der Waals surface area contributed by atoms with E-state index in [0.717, 1.165) is 0 Å². The lowest BCUT2D eigenvalue weighted by Gasteiger charge is -2.17. The third-order valence-corrected chi connectivity index (χ3v) is 2.11. The van der Waals surface area contributed by atoms with Crippen molar-refractivity contribution in [1.29, 1.82) is 0 Å². The van der Waals surface area contributed by atoms with Crippen LogP contribution in [0.3, 0.4) is 0 Å². The van der Waals surface area contributed by atoms with Crippen LogP contribution >= 0.6 is 0 Å². The third-order valence-electron chi connectivity index (χ3n) is 2.11. The molecule has 0 amide bonds. The van der Waals surface area contributed by atoms with Crippen LogP contribution in [0.15, 0.2) is 18.3 Å². The van der Waals surface area contributed by atoms with Gasteiger partial charge >= 0.3 is 5.97 Å². The number of aromatic nitrogens is 1. The van der Waals surface area contributed by atoms with Crippen LogP contribution in [-0.4, -0.2) is 33.5 Å². The number of carbonyl (C=O) groups excluding carboxylic acids is 1. The SMILES string of the molecule is CCOC(=O)C(O)C(O)c1cccn1C. The van der Waals surface area contributed by atoms with Gasteiger partial charge in [0.25, 0.3) is 0 Å². The normalized spacial score (nSPS) is 14.7. The van der Waals surface area contributed by atoms with Crippen molar-refractivity contribution < 1.29 is 19.7 Å². The maximum absolute atomic E-state index is 11.1. The summed E-state index contributed by atoms with van der Waals surface area (Å²) in [5.41, 5.74) is 0.468. The van der Waals surface area contributed by atoms with E-state index in [2.05, 4.69) is 4.74 Å². The molecule has 0 radical (unpaired) electrons. The number of aryl methyl sites for hydroxylation is 1. The first-order chi connectivity index (χ1) is 7.07. The van der Waals surface area contributed by atoms with E-state index in [4.69, 9.17) is 0 Å². The fourth-order valence-corrected chi connectivity index (χ4v) is 1.30. The van der Waals surface area contributed by atoms with E-state index in [0.29, 0.717) is 5.69 Å². The number of esters is 1. The Morgan fingerprint density at radius 1 is 1.60 bits per heavy atom. The van der Waals surface area contributed by atoms with Gasteiger partial charge in [0.2, 0.25) is 0 Å². The lowest BCUT2D eigenvalue weighted by molar-refractivity contribution is -0.159. The number of hydrogen-bond acceptors (Lipinski definition) is 4. The molecule has 5 heteroatoms. The van der Waals surface area contributed by atoms with Crippen LogP contribution in [0, 0.1) is 0 Å². The standard InChI is InChI=1S/C10H15NO4/c1-3-15-10(14)9(13)8(12)7-5-4-6-11(7)2/h4-6,8-9,12-13H,3H2,1-2H3. The molecule has 0 fully saturated rings. The molecule has 1 heterocycles. The number of nitrogens with zero attached hydrogens (tertiary/aromatic N) is 1. The van der Waals surface area contributed by atoms with Crippen LogP contribution in [0.4, 0.5) is 0 Å². The van der Waals surface area contributed by atoms with Gasteiger partial charge in [-0.1, -0.05) is 0 Å². The van der Waals surface area contributed by atoms with Gasteiger partial charge in [-0.25, -0.2) is 4.79 Å². The zero-order chi connectivity index (χ0) is 11.4. The predicted octanol–water partition coefficient (Wildman–Crippen LogP) is -0.0175. The molecule has 0 saturated carbocycles. The van der Waals surface area contributed by atoms with Crippen molar-refractivity contribution in [2.75, 3.05) is 6.61 Å². The molecule has 0 saturated heterocycles. The Bertz CT molecular complexity index is 334. The van der Waals surface area contributed by atoms with E-state index in [-0.39, 0.29) is 6.61 Å². The minimum absolute atomic E-state index is 0.176. The van der Waals surface area contributed by atoms with E-state index in [1.54, 1.807) is 36.9 Å². The number of rotatable bonds is 4. The summed E-state index contributed by atoms with van der Waals surface area (Å²) in [6, 6.07) is 3.35. The topological polar surface area (TPSA) is 71.7 Å². The smallest absolute Gasteiger partial charge is 0.338 e. The molecule has 0 aliphatic carbocycles. The van der Waals surface area contributed by atoms with Crippen LogP contribution in [0.2, 0.25) is 0 Å². The van der Waals surface area contributed by atoms with Crippen LogP contribution in [-0.2, 0) is 16.6 Å². The third kappa shape index (κ3) is 2.57. The highest BCUT2D eigenvalue weighted by molar-refractivity contribution is 5.75. The molecule has 0 aromatic carbocycles. The molecule has 1 aromatic heterocycles. The fourth-order valence-electron chi connectivity index (χ4n) is 1.30.